The highest BCUT2D eigenvalue weighted by atomic mass is 19.1. The van der Waals surface area contributed by atoms with Crippen molar-refractivity contribution in [2.24, 2.45) is 10.7 Å². The minimum Gasteiger partial charge on any atom is -0.497 e. The highest BCUT2D eigenvalue weighted by molar-refractivity contribution is 5.87. The average Bonchev–Trinajstić information content (AvgIpc) is 2.62. The van der Waals surface area contributed by atoms with Crippen molar-refractivity contribution >= 4 is 22.4 Å². The molecule has 0 aliphatic carbocycles. The lowest BCUT2D eigenvalue weighted by Crippen LogP contribution is -2.16. The first-order valence-electron chi connectivity index (χ1n) is 7.76. The van der Waals surface area contributed by atoms with Gasteiger partial charge in [-0.2, -0.15) is 0 Å². The number of hydrogen-bond donors (Lipinski definition) is 2. The van der Waals surface area contributed by atoms with Gasteiger partial charge in [-0.3, -0.25) is 4.98 Å². The highest BCUT2D eigenvalue weighted by Gasteiger charge is 2.14. The molecule has 3 aromatic rings. The molecule has 2 aromatic carbocycles. The second kappa shape index (κ2) is 7.27. The maximum Gasteiger partial charge on any atom is 0.123 e. The molecule has 0 bridgehead atoms. The monoisotopic (exact) mass is 339 g/mol. The number of halogens is 1. The number of hydrogen-bond acceptors (Lipinski definition) is 4. The zero-order valence-corrected chi connectivity index (χ0v) is 13.7. The molecule has 0 aliphatic heterocycles. The number of methoxy groups -OCH3 is 1. The number of amidine groups is 1. The van der Waals surface area contributed by atoms with Crippen LogP contribution >= 0.6 is 0 Å². The molecule has 0 saturated heterocycles. The van der Waals surface area contributed by atoms with Crippen molar-refractivity contribution in [3.8, 4) is 5.75 Å². The molecule has 3 N–H and O–H groups in total. The predicted octanol–water partition coefficient (Wildman–Crippen LogP) is 3.49. The summed E-state index contributed by atoms with van der Waals surface area (Å²) in [6, 6.07) is 12.9. The van der Waals surface area contributed by atoms with Gasteiger partial charge >= 0.3 is 0 Å². The largest absolute Gasteiger partial charge is 0.497 e. The van der Waals surface area contributed by atoms with Crippen LogP contribution in [0, 0.1) is 5.82 Å². The van der Waals surface area contributed by atoms with Gasteiger partial charge in [-0.05, 0) is 54.1 Å². The van der Waals surface area contributed by atoms with Gasteiger partial charge in [-0.15, -0.1) is 0 Å². The lowest BCUT2D eigenvalue weighted by molar-refractivity contribution is 0.187. The van der Waals surface area contributed by atoms with E-state index in [1.165, 1.54) is 24.3 Å². The van der Waals surface area contributed by atoms with E-state index in [-0.39, 0.29) is 18.1 Å². The predicted molar refractivity (Wildman–Crippen MR) is 95.6 cm³/mol. The van der Waals surface area contributed by atoms with Crippen molar-refractivity contribution in [1.82, 2.24) is 4.98 Å². The zero-order valence-electron chi connectivity index (χ0n) is 13.7. The summed E-state index contributed by atoms with van der Waals surface area (Å²) in [5, 5.41) is 11.4. The normalized spacial score (nSPS) is 13.0. The number of fused-ring (bicyclic) bond motifs is 1. The van der Waals surface area contributed by atoms with Crippen LogP contribution in [0.2, 0.25) is 0 Å². The van der Waals surface area contributed by atoms with Gasteiger partial charge in [-0.1, -0.05) is 0 Å². The molecule has 1 heterocycles. The van der Waals surface area contributed by atoms with Gasteiger partial charge in [0, 0.05) is 18.0 Å². The van der Waals surface area contributed by atoms with Gasteiger partial charge in [0.2, 0.25) is 0 Å². The lowest BCUT2D eigenvalue weighted by Gasteiger charge is -2.14. The highest BCUT2D eigenvalue weighted by Crippen LogP contribution is 2.28. The maximum atomic E-state index is 12.9. The number of aromatic nitrogens is 1. The van der Waals surface area contributed by atoms with E-state index in [4.69, 9.17) is 10.5 Å². The van der Waals surface area contributed by atoms with E-state index in [2.05, 4.69) is 9.98 Å². The Kier molecular flexibility index (Phi) is 4.90. The molecule has 0 spiro atoms. The topological polar surface area (TPSA) is 80.7 Å². The van der Waals surface area contributed by atoms with Gasteiger partial charge < -0.3 is 15.6 Å². The Hall–Kier alpha value is -2.99. The summed E-state index contributed by atoms with van der Waals surface area (Å²) in [7, 11) is 1.58. The smallest absolute Gasteiger partial charge is 0.123 e. The van der Waals surface area contributed by atoms with E-state index in [9.17, 15) is 9.50 Å². The molecule has 25 heavy (non-hydrogen) atoms. The standard InChI is InChI=1S/C19H18FN3O2/c1-25-14-6-7-17-16(10-14)15(8-9-22-17)18(24)11-19(21)23-13-4-2-12(20)3-5-13/h2-10,18,24H,11H2,1H3,(H2,21,23). The molecule has 3 rings (SSSR count). The Balaban J connectivity index is 1.86. The van der Waals surface area contributed by atoms with E-state index < -0.39 is 6.10 Å². The summed E-state index contributed by atoms with van der Waals surface area (Å²) < 4.78 is 18.2. The summed E-state index contributed by atoms with van der Waals surface area (Å²) in [6.07, 6.45) is 0.941. The zero-order chi connectivity index (χ0) is 17.8. The molecular formula is C19H18FN3O2. The van der Waals surface area contributed by atoms with Crippen LogP contribution in [-0.2, 0) is 0 Å². The van der Waals surface area contributed by atoms with Crippen LogP contribution in [0.15, 0.2) is 59.7 Å². The molecule has 0 aliphatic rings. The summed E-state index contributed by atoms with van der Waals surface area (Å²) in [5.41, 5.74) is 7.92. The summed E-state index contributed by atoms with van der Waals surface area (Å²) in [6.45, 7) is 0. The Labute approximate surface area is 144 Å². The SMILES string of the molecule is COc1ccc2nccc(C(O)CC(N)=Nc3ccc(F)cc3)c2c1. The van der Waals surface area contributed by atoms with Crippen molar-refractivity contribution in [2.45, 2.75) is 12.5 Å². The number of nitrogens with zero attached hydrogens (tertiary/aromatic N) is 2. The molecule has 5 nitrogen and oxygen atoms in total. The van der Waals surface area contributed by atoms with Crippen LogP contribution in [0.4, 0.5) is 10.1 Å². The third-order valence-electron chi connectivity index (χ3n) is 3.84. The van der Waals surface area contributed by atoms with Gasteiger partial charge in [0.05, 0.1) is 24.4 Å². The van der Waals surface area contributed by atoms with E-state index in [0.29, 0.717) is 17.0 Å². The fourth-order valence-corrected chi connectivity index (χ4v) is 2.60. The van der Waals surface area contributed by atoms with Crippen molar-refractivity contribution in [3.63, 3.8) is 0 Å². The fourth-order valence-electron chi connectivity index (χ4n) is 2.60. The van der Waals surface area contributed by atoms with Crippen LogP contribution in [-0.4, -0.2) is 23.0 Å². The average molecular weight is 339 g/mol. The first-order chi connectivity index (χ1) is 12.1. The maximum absolute atomic E-state index is 12.9. The summed E-state index contributed by atoms with van der Waals surface area (Å²) in [4.78, 5) is 8.50. The molecule has 1 unspecified atom stereocenters. The number of aliphatic hydroxyl groups excluding tert-OH is 1. The second-order valence-corrected chi connectivity index (χ2v) is 5.58. The molecule has 0 fully saturated rings. The summed E-state index contributed by atoms with van der Waals surface area (Å²) in [5.74, 6) is 0.601. The number of nitrogens with two attached hydrogens (primary N) is 1. The van der Waals surface area contributed by atoms with E-state index >= 15 is 0 Å². The Morgan fingerprint density at radius 3 is 2.72 bits per heavy atom. The second-order valence-electron chi connectivity index (χ2n) is 5.58. The van der Waals surface area contributed by atoms with Crippen LogP contribution in [0.25, 0.3) is 10.9 Å². The molecular weight excluding hydrogens is 321 g/mol. The van der Waals surface area contributed by atoms with Crippen molar-refractivity contribution < 1.29 is 14.2 Å². The first kappa shape index (κ1) is 16.9. The number of benzene rings is 2. The molecule has 0 saturated carbocycles. The molecule has 128 valence electrons. The van der Waals surface area contributed by atoms with Crippen LogP contribution in [0.1, 0.15) is 18.1 Å². The number of ether oxygens (including phenoxy) is 1. The molecule has 1 aromatic heterocycles. The first-order valence-corrected chi connectivity index (χ1v) is 7.76. The quantitative estimate of drug-likeness (QED) is 0.551. The van der Waals surface area contributed by atoms with Crippen molar-refractivity contribution in [2.75, 3.05) is 7.11 Å². The summed E-state index contributed by atoms with van der Waals surface area (Å²) >= 11 is 0. The number of pyridine rings is 1. The van der Waals surface area contributed by atoms with E-state index in [0.717, 1.165) is 10.9 Å². The number of rotatable bonds is 5. The van der Waals surface area contributed by atoms with Gasteiger partial charge in [0.25, 0.3) is 0 Å². The van der Waals surface area contributed by atoms with E-state index in [1.807, 2.05) is 18.2 Å². The third kappa shape index (κ3) is 3.92. The number of aliphatic imine (C=N–C) groups is 1. The third-order valence-corrected chi connectivity index (χ3v) is 3.84. The minimum absolute atomic E-state index is 0.147. The molecule has 1 atom stereocenters. The molecule has 0 radical (unpaired) electrons. The minimum atomic E-state index is -0.846. The Morgan fingerprint density at radius 2 is 2.00 bits per heavy atom. The van der Waals surface area contributed by atoms with Crippen molar-refractivity contribution in [1.29, 1.82) is 0 Å². The Morgan fingerprint density at radius 1 is 1.24 bits per heavy atom. The van der Waals surface area contributed by atoms with Crippen LogP contribution in [0.5, 0.6) is 5.75 Å². The number of aliphatic hydroxyl groups is 1. The molecule has 6 heteroatoms. The van der Waals surface area contributed by atoms with E-state index in [1.54, 1.807) is 19.4 Å². The Bertz CT molecular complexity index is 910. The van der Waals surface area contributed by atoms with Gasteiger partial charge in [-0.25, -0.2) is 9.38 Å². The van der Waals surface area contributed by atoms with Crippen molar-refractivity contribution in [3.05, 3.63) is 66.1 Å². The van der Waals surface area contributed by atoms with Crippen LogP contribution < -0.4 is 10.5 Å². The van der Waals surface area contributed by atoms with Gasteiger partial charge in [0.1, 0.15) is 17.4 Å². The lowest BCUT2D eigenvalue weighted by atomic mass is 10.0. The van der Waals surface area contributed by atoms with Crippen LogP contribution in [0.3, 0.4) is 0 Å². The molecule has 0 amide bonds. The van der Waals surface area contributed by atoms with Gasteiger partial charge in [0.15, 0.2) is 0 Å². The fraction of sp³-hybridized carbons (Fsp3) is 0.158.